The molecule has 4 unspecified atom stereocenters. The number of aliphatic hydroxyl groups excluding tert-OH is 11. The van der Waals surface area contributed by atoms with Crippen molar-refractivity contribution >= 4 is 22.2 Å². The molecule has 502 valence electrons. The molecule has 4 aliphatic carbocycles. The molecule has 0 radical (unpaired) electrons. The van der Waals surface area contributed by atoms with Crippen LogP contribution in [0.5, 0.6) is 0 Å². The minimum absolute atomic E-state index is 0. The summed E-state index contributed by atoms with van der Waals surface area (Å²) < 4.78 is 113. The zero-order valence-electron chi connectivity index (χ0n) is 51.7. The fourth-order valence-corrected chi connectivity index (χ4v) is 17.3. The van der Waals surface area contributed by atoms with Crippen LogP contribution >= 0.6 is 0 Å². The Hall–Kier alpha value is -1.39. The summed E-state index contributed by atoms with van der Waals surface area (Å²) in [5.41, 5.74) is -1.78. The molecular formula is C58H89NaO29S. The molecule has 0 aromatic carbocycles. The number of ether oxygens (including phenoxy) is 12. The monoisotopic (exact) mass is 1300 g/mol. The van der Waals surface area contributed by atoms with Crippen molar-refractivity contribution in [3.8, 4) is 0 Å². The number of carbonyl (C=O) groups excluding carboxylic acids is 2. The average Bonchev–Trinajstić information content (AvgIpc) is 1.57. The first-order valence-electron chi connectivity index (χ1n) is 30.3. The number of aliphatic hydroxyl groups is 11. The van der Waals surface area contributed by atoms with E-state index in [0.717, 1.165) is 18.3 Å². The van der Waals surface area contributed by atoms with E-state index in [1.165, 1.54) is 6.92 Å². The van der Waals surface area contributed by atoms with E-state index in [-0.39, 0.29) is 59.6 Å². The molecular weight excluding hydrogens is 1220 g/mol. The van der Waals surface area contributed by atoms with Crippen LogP contribution in [0.25, 0.3) is 0 Å². The van der Waals surface area contributed by atoms with Gasteiger partial charge in [-0.1, -0.05) is 51.0 Å². The largest absolute Gasteiger partial charge is 1.00 e. The first-order valence-corrected chi connectivity index (χ1v) is 31.6. The molecule has 6 aliphatic heterocycles. The maximum atomic E-state index is 14.4. The van der Waals surface area contributed by atoms with Crippen molar-refractivity contribution in [2.75, 3.05) is 33.5 Å². The van der Waals surface area contributed by atoms with Crippen LogP contribution in [0.3, 0.4) is 0 Å². The molecule has 0 aromatic heterocycles. The van der Waals surface area contributed by atoms with Crippen molar-refractivity contribution < 1.29 is 169 Å². The van der Waals surface area contributed by atoms with Gasteiger partial charge in [0.25, 0.3) is 0 Å². The van der Waals surface area contributed by atoms with Crippen LogP contribution in [0.15, 0.2) is 23.3 Å². The summed E-state index contributed by atoms with van der Waals surface area (Å²) in [6, 6.07) is 0. The van der Waals surface area contributed by atoms with E-state index in [2.05, 4.69) is 19.9 Å². The SMILES string of the molecule is CO[C@@H]1[C@@H](O)[C@H](O[C@@H]2[C@@H](O)[C@H](O[C@H]3[C@H](O)[C@@H](O[C@@H]4OC[C@@H](O)[C@H](O)[C@H]4O)[C@H](O[C@H]4[C@H](O[C@H]5CC[C@]6(C)C7CCC89C(=O)O[C@@](C)(CC=C(C)C)C8C(=O)C[C@@]9(C)C7=CCC6C5(C)C)OC[C@@H](OS(=O)(=O)[O-])[C@@H]4O)O[C@@H]3C)O[C@H](CO)[C@H]2O)O[C@H](CO)[C@H]1O.[Na+]. The van der Waals surface area contributed by atoms with Gasteiger partial charge in [0.15, 0.2) is 31.5 Å². The topological polar surface area (TPSA) is 434 Å². The van der Waals surface area contributed by atoms with Gasteiger partial charge in [-0.2, -0.15) is 0 Å². The van der Waals surface area contributed by atoms with Gasteiger partial charge in [0.05, 0.1) is 50.0 Å². The summed E-state index contributed by atoms with van der Waals surface area (Å²) in [5, 5.41) is 122. The Morgan fingerprint density at radius 3 is 1.89 bits per heavy atom. The average molecular weight is 1310 g/mol. The van der Waals surface area contributed by atoms with Crippen molar-refractivity contribution in [1.82, 2.24) is 0 Å². The summed E-state index contributed by atoms with van der Waals surface area (Å²) >= 11 is 0. The quantitative estimate of drug-likeness (QED) is 0.0213. The van der Waals surface area contributed by atoms with E-state index in [1.807, 2.05) is 40.7 Å². The smallest absolute Gasteiger partial charge is 0.726 e. The Morgan fingerprint density at radius 2 is 1.27 bits per heavy atom. The molecule has 10 aliphatic rings. The second kappa shape index (κ2) is 26.9. The van der Waals surface area contributed by atoms with E-state index < -0.39 is 217 Å². The fraction of sp³-hybridized carbons (Fsp3) is 0.897. The zero-order chi connectivity index (χ0) is 64.3. The number of hydrogen-bond donors (Lipinski definition) is 11. The third kappa shape index (κ3) is 12.6. The molecule has 11 N–H and O–H groups in total. The molecule has 89 heavy (non-hydrogen) atoms. The van der Waals surface area contributed by atoms with Gasteiger partial charge in [0.1, 0.15) is 115 Å². The van der Waals surface area contributed by atoms with Crippen LogP contribution in [0.2, 0.25) is 0 Å². The van der Waals surface area contributed by atoms with Crippen LogP contribution < -0.4 is 29.6 Å². The first kappa shape index (κ1) is 71.9. The second-order valence-corrected chi connectivity index (χ2v) is 28.3. The molecule has 6 saturated heterocycles. The van der Waals surface area contributed by atoms with Gasteiger partial charge in [-0.15, -0.1) is 0 Å². The molecule has 3 saturated carbocycles. The minimum atomic E-state index is -5.52. The second-order valence-electron chi connectivity index (χ2n) is 27.3. The molecule has 6 heterocycles. The van der Waals surface area contributed by atoms with Gasteiger partial charge in [0.2, 0.25) is 10.4 Å². The standard InChI is InChI=1S/C58H90O29S.Na/c1-23(2)12-16-57(8)47-27(61)18-56(7)26-10-11-32-54(4,5)33(14-15-55(32,6)25(26)13-17-58(47,56)53(71)86-57)81-51-45(37(66)31(22-77-51)87-88(72,73)74)85-52-46(84-48-38(67)34(63)28(62)21-76-48)39(68)42(24(3)78-52)82-50-41(70)44(36(65)30(20-60)80-50)83-49-40(69)43(75-9)35(64)29(19-59)79-49;/h10,12,24-25,28-52,59-60,62-70H,11,13-22H2,1-9H3,(H,72,73,74);/q;+1/p-1/t24-,25?,28-,29-,30-,31-,32?,33+,34+,35-,36-,37+,38-,39+,40-,41-,42-,43+,44+,45-,46-,47?,48+,49+,50+,51+,52+,55-,56+,57+,58?;/m1./s1. The number of allylic oxidation sites excluding steroid dienone is 3. The van der Waals surface area contributed by atoms with Gasteiger partial charge < -0.3 is 118 Å². The first-order chi connectivity index (χ1) is 41.2. The van der Waals surface area contributed by atoms with E-state index in [0.29, 0.717) is 38.5 Å². The molecule has 9 fully saturated rings. The third-order valence-electron chi connectivity index (χ3n) is 21.5. The van der Waals surface area contributed by atoms with E-state index in [1.54, 1.807) is 0 Å². The predicted molar refractivity (Wildman–Crippen MR) is 291 cm³/mol. The van der Waals surface area contributed by atoms with E-state index in [9.17, 15) is 78.7 Å². The number of rotatable bonds is 17. The van der Waals surface area contributed by atoms with Crippen molar-refractivity contribution in [1.29, 1.82) is 0 Å². The van der Waals surface area contributed by atoms with Crippen LogP contribution in [0.1, 0.15) is 100 Å². The number of Topliss-reactive ketones (excluding diaryl/α,β-unsaturated/α-hetero) is 1. The number of esters is 1. The number of methoxy groups -OCH3 is 1. The van der Waals surface area contributed by atoms with Crippen molar-refractivity contribution in [2.24, 2.45) is 39.4 Å². The van der Waals surface area contributed by atoms with Gasteiger partial charge in [0, 0.05) is 25.4 Å². The Labute approximate surface area is 538 Å². The predicted octanol–water partition coefficient (Wildman–Crippen LogP) is -5.65. The molecule has 31 atom stereocenters. The van der Waals surface area contributed by atoms with Crippen molar-refractivity contribution in [2.45, 2.75) is 253 Å². The van der Waals surface area contributed by atoms with Crippen LogP contribution in [-0.2, 0) is 81.0 Å². The van der Waals surface area contributed by atoms with Crippen molar-refractivity contribution in [3.63, 3.8) is 0 Å². The molecule has 0 amide bonds. The number of ketones is 1. The Morgan fingerprint density at radius 1 is 0.685 bits per heavy atom. The van der Waals surface area contributed by atoms with Gasteiger partial charge >= 0.3 is 35.5 Å². The fourth-order valence-electron chi connectivity index (χ4n) is 16.9. The molecule has 0 aromatic rings. The third-order valence-corrected chi connectivity index (χ3v) is 21.9. The Kier molecular flexibility index (Phi) is 21.7. The zero-order valence-corrected chi connectivity index (χ0v) is 54.5. The van der Waals surface area contributed by atoms with Crippen LogP contribution in [0.4, 0.5) is 0 Å². The van der Waals surface area contributed by atoms with Gasteiger partial charge in [-0.25, -0.2) is 8.42 Å². The molecule has 0 bridgehead atoms. The van der Waals surface area contributed by atoms with Gasteiger partial charge in [-0.05, 0) is 82.5 Å². The van der Waals surface area contributed by atoms with Crippen LogP contribution in [-0.4, -0.2) is 267 Å². The molecule has 31 heteroatoms. The van der Waals surface area contributed by atoms with Crippen molar-refractivity contribution in [3.05, 3.63) is 23.3 Å². The summed E-state index contributed by atoms with van der Waals surface area (Å²) in [7, 11) is -4.36. The minimum Gasteiger partial charge on any atom is -0.726 e. The summed E-state index contributed by atoms with van der Waals surface area (Å²) in [4.78, 5) is 28.8. The number of cyclic esters (lactones) is 1. The summed E-state index contributed by atoms with van der Waals surface area (Å²) in [5.74, 6) is -1.05. The number of hydrogen-bond acceptors (Lipinski definition) is 29. The Bertz CT molecular complexity index is 2700. The number of fused-ring (bicyclic) bond motifs is 4. The molecule has 10 rings (SSSR count). The normalized spacial score (nSPS) is 50.5. The number of carbonyl (C=O) groups is 2. The summed E-state index contributed by atoms with van der Waals surface area (Å²) in [6.07, 6.45) is -34.4. The van der Waals surface area contributed by atoms with Crippen LogP contribution in [0, 0.1) is 39.4 Å². The van der Waals surface area contributed by atoms with Gasteiger partial charge in [-0.3, -0.25) is 13.8 Å². The maximum Gasteiger partial charge on any atom is 1.00 e. The Balaban J connectivity index is 0.00000941. The summed E-state index contributed by atoms with van der Waals surface area (Å²) in [6.45, 7) is 12.5. The maximum absolute atomic E-state index is 14.4. The molecule has 29 nitrogen and oxygen atoms in total. The van der Waals surface area contributed by atoms with E-state index >= 15 is 0 Å². The molecule has 1 spiro atoms. The van der Waals surface area contributed by atoms with E-state index in [4.69, 9.17) is 61.0 Å².